The zero-order valence-electron chi connectivity index (χ0n) is 16.6. The van der Waals surface area contributed by atoms with Gasteiger partial charge in [0.05, 0.1) is 17.1 Å². The molecule has 0 fully saturated rings. The van der Waals surface area contributed by atoms with Crippen molar-refractivity contribution in [1.82, 2.24) is 19.6 Å². The highest BCUT2D eigenvalue weighted by molar-refractivity contribution is 5.90. The fourth-order valence-corrected chi connectivity index (χ4v) is 2.99. The molecule has 0 radical (unpaired) electrons. The maximum Gasteiger partial charge on any atom is 0.285 e. The second kappa shape index (κ2) is 8.52. The molecule has 0 aliphatic rings. The molecule has 1 aromatic carbocycles. The number of benzene rings is 1. The topological polar surface area (TPSA) is 106 Å². The summed E-state index contributed by atoms with van der Waals surface area (Å²) in [5, 5.41) is 20.8. The van der Waals surface area contributed by atoms with Crippen molar-refractivity contribution in [3.8, 4) is 11.8 Å². The lowest BCUT2D eigenvalue weighted by molar-refractivity contribution is -0.117. The molecule has 0 bridgehead atoms. The number of aromatic nitrogens is 4. The number of hydrogen-bond acceptors (Lipinski definition) is 5. The minimum Gasteiger partial charge on any atom is -0.309 e. The molecule has 148 valence electrons. The van der Waals surface area contributed by atoms with E-state index in [2.05, 4.69) is 22.4 Å². The zero-order chi connectivity index (χ0) is 21.0. The van der Waals surface area contributed by atoms with Crippen LogP contribution in [0.25, 0.3) is 5.69 Å². The van der Waals surface area contributed by atoms with Crippen molar-refractivity contribution in [2.24, 2.45) is 0 Å². The van der Waals surface area contributed by atoms with Crippen LogP contribution in [0.15, 0.2) is 41.2 Å². The van der Waals surface area contributed by atoms with Crippen LogP contribution in [0.3, 0.4) is 0 Å². The van der Waals surface area contributed by atoms with Crippen molar-refractivity contribution >= 4 is 11.7 Å². The SMILES string of the molecule is CCCc1cc(NC(=O)Cn2nc(C)c(C)c(C#N)c2=O)n(-c2ccccc2)n1. The first-order chi connectivity index (χ1) is 13.9. The first-order valence-corrected chi connectivity index (χ1v) is 9.37. The third-order valence-electron chi connectivity index (χ3n) is 4.58. The molecule has 8 heteroatoms. The monoisotopic (exact) mass is 390 g/mol. The highest BCUT2D eigenvalue weighted by Crippen LogP contribution is 2.18. The maximum atomic E-state index is 12.6. The van der Waals surface area contributed by atoms with Crippen LogP contribution in [0.5, 0.6) is 0 Å². The van der Waals surface area contributed by atoms with E-state index in [9.17, 15) is 14.9 Å². The van der Waals surface area contributed by atoms with E-state index < -0.39 is 11.5 Å². The molecule has 0 unspecified atom stereocenters. The molecular weight excluding hydrogens is 368 g/mol. The molecule has 0 atom stereocenters. The summed E-state index contributed by atoms with van der Waals surface area (Å²) < 4.78 is 2.69. The van der Waals surface area contributed by atoms with Crippen LogP contribution in [-0.2, 0) is 17.8 Å². The van der Waals surface area contributed by atoms with Crippen LogP contribution >= 0.6 is 0 Å². The van der Waals surface area contributed by atoms with E-state index in [1.807, 2.05) is 42.5 Å². The zero-order valence-corrected chi connectivity index (χ0v) is 16.6. The van der Waals surface area contributed by atoms with Gasteiger partial charge in [0, 0.05) is 6.07 Å². The molecule has 0 saturated carbocycles. The maximum absolute atomic E-state index is 12.6. The predicted octanol–water partition coefficient (Wildman–Crippen LogP) is 2.51. The summed E-state index contributed by atoms with van der Waals surface area (Å²) >= 11 is 0. The van der Waals surface area contributed by atoms with Crippen molar-refractivity contribution in [2.45, 2.75) is 40.2 Å². The Morgan fingerprint density at radius 1 is 1.21 bits per heavy atom. The summed E-state index contributed by atoms with van der Waals surface area (Å²) in [5.74, 6) is 0.0916. The quantitative estimate of drug-likeness (QED) is 0.696. The van der Waals surface area contributed by atoms with E-state index >= 15 is 0 Å². The van der Waals surface area contributed by atoms with Crippen LogP contribution in [0, 0.1) is 25.2 Å². The molecule has 1 N–H and O–H groups in total. The van der Waals surface area contributed by atoms with Gasteiger partial charge in [-0.2, -0.15) is 15.5 Å². The molecule has 0 saturated heterocycles. The molecule has 1 amide bonds. The third kappa shape index (κ3) is 4.24. The molecule has 8 nitrogen and oxygen atoms in total. The smallest absolute Gasteiger partial charge is 0.285 e. The summed E-state index contributed by atoms with van der Waals surface area (Å²) in [6.07, 6.45) is 1.71. The number of carbonyl (C=O) groups is 1. The Bertz CT molecular complexity index is 1140. The molecular formula is C21H22N6O2. The number of para-hydroxylation sites is 1. The van der Waals surface area contributed by atoms with Gasteiger partial charge in [-0.05, 0) is 38.0 Å². The van der Waals surface area contributed by atoms with Crippen LogP contribution in [0.1, 0.15) is 35.9 Å². The van der Waals surface area contributed by atoms with Gasteiger partial charge in [0.2, 0.25) is 5.91 Å². The van der Waals surface area contributed by atoms with E-state index in [1.54, 1.807) is 18.5 Å². The number of nitrogens with zero attached hydrogens (tertiary/aromatic N) is 5. The second-order valence-electron chi connectivity index (χ2n) is 6.73. The number of aryl methyl sites for hydroxylation is 2. The van der Waals surface area contributed by atoms with Crippen molar-refractivity contribution in [1.29, 1.82) is 5.26 Å². The third-order valence-corrected chi connectivity index (χ3v) is 4.58. The Labute approximate surface area is 168 Å². The lowest BCUT2D eigenvalue weighted by Crippen LogP contribution is -2.32. The molecule has 0 spiro atoms. The number of carbonyl (C=O) groups excluding carboxylic acids is 1. The Morgan fingerprint density at radius 2 is 1.93 bits per heavy atom. The van der Waals surface area contributed by atoms with Gasteiger partial charge in [-0.25, -0.2) is 9.36 Å². The normalized spacial score (nSPS) is 10.6. The minimum atomic E-state index is -0.575. The molecule has 0 aliphatic heterocycles. The second-order valence-corrected chi connectivity index (χ2v) is 6.73. The van der Waals surface area contributed by atoms with Crippen LogP contribution in [0.2, 0.25) is 0 Å². The number of nitrogens with one attached hydrogen (secondary N) is 1. The molecule has 3 aromatic rings. The summed E-state index contributed by atoms with van der Waals surface area (Å²) in [4.78, 5) is 25.1. The van der Waals surface area contributed by atoms with Crippen molar-refractivity contribution in [2.75, 3.05) is 5.32 Å². The lowest BCUT2D eigenvalue weighted by Gasteiger charge is -2.11. The lowest BCUT2D eigenvalue weighted by atomic mass is 10.1. The van der Waals surface area contributed by atoms with E-state index in [1.165, 1.54) is 0 Å². The largest absolute Gasteiger partial charge is 0.309 e. The van der Waals surface area contributed by atoms with Gasteiger partial charge in [0.25, 0.3) is 5.56 Å². The first-order valence-electron chi connectivity index (χ1n) is 9.37. The van der Waals surface area contributed by atoms with Gasteiger partial charge in [0.15, 0.2) is 0 Å². The minimum absolute atomic E-state index is 0.00450. The fraction of sp³-hybridized carbons (Fsp3) is 0.286. The highest BCUT2D eigenvalue weighted by atomic mass is 16.2. The van der Waals surface area contributed by atoms with Gasteiger partial charge in [0.1, 0.15) is 24.0 Å². The molecule has 2 aromatic heterocycles. The van der Waals surface area contributed by atoms with Crippen molar-refractivity contribution < 1.29 is 4.79 Å². The first kappa shape index (κ1) is 20.0. The number of amides is 1. The van der Waals surface area contributed by atoms with Crippen LogP contribution in [0.4, 0.5) is 5.82 Å². The molecule has 29 heavy (non-hydrogen) atoms. The van der Waals surface area contributed by atoms with Crippen LogP contribution < -0.4 is 10.9 Å². The Hall–Kier alpha value is -3.73. The number of hydrogen-bond donors (Lipinski definition) is 1. The van der Waals surface area contributed by atoms with Gasteiger partial charge >= 0.3 is 0 Å². The highest BCUT2D eigenvalue weighted by Gasteiger charge is 2.16. The summed E-state index contributed by atoms with van der Waals surface area (Å²) in [5.41, 5.74) is 2.17. The summed E-state index contributed by atoms with van der Waals surface area (Å²) in [6, 6.07) is 13.2. The van der Waals surface area contributed by atoms with E-state index in [0.717, 1.165) is 28.9 Å². The Morgan fingerprint density at radius 3 is 2.59 bits per heavy atom. The molecule has 3 rings (SSSR count). The van der Waals surface area contributed by atoms with E-state index in [0.29, 0.717) is 17.1 Å². The number of anilines is 1. The average molecular weight is 390 g/mol. The van der Waals surface area contributed by atoms with Crippen LogP contribution in [-0.4, -0.2) is 25.5 Å². The van der Waals surface area contributed by atoms with E-state index in [-0.39, 0.29) is 12.1 Å². The van der Waals surface area contributed by atoms with Gasteiger partial charge in [-0.15, -0.1) is 0 Å². The average Bonchev–Trinajstić information content (AvgIpc) is 3.09. The standard InChI is InChI=1S/C21H22N6O2/c1-4-8-16-11-19(27(25-16)17-9-6-5-7-10-17)23-20(28)13-26-21(29)18(12-22)14(2)15(3)24-26/h5-7,9-11H,4,8,13H2,1-3H3,(H,23,28). The molecule has 2 heterocycles. The predicted molar refractivity (Wildman–Crippen MR) is 109 cm³/mol. The van der Waals surface area contributed by atoms with Crippen molar-refractivity contribution in [3.63, 3.8) is 0 Å². The number of rotatable bonds is 6. The number of nitriles is 1. The fourth-order valence-electron chi connectivity index (χ4n) is 2.99. The van der Waals surface area contributed by atoms with E-state index in [4.69, 9.17) is 0 Å². The summed E-state index contributed by atoms with van der Waals surface area (Å²) in [7, 11) is 0. The summed E-state index contributed by atoms with van der Waals surface area (Å²) in [6.45, 7) is 5.13. The van der Waals surface area contributed by atoms with Gasteiger partial charge in [-0.1, -0.05) is 31.5 Å². The van der Waals surface area contributed by atoms with Crippen molar-refractivity contribution in [3.05, 3.63) is 69.3 Å². The Kier molecular flexibility index (Phi) is 5.88. The Balaban J connectivity index is 1.89. The van der Waals surface area contributed by atoms with Gasteiger partial charge < -0.3 is 5.32 Å². The molecule has 0 aliphatic carbocycles. The van der Waals surface area contributed by atoms with Gasteiger partial charge in [-0.3, -0.25) is 9.59 Å².